The fourth-order valence-electron chi connectivity index (χ4n) is 2.21. The summed E-state index contributed by atoms with van der Waals surface area (Å²) in [4.78, 5) is 11.8. The van der Waals surface area contributed by atoms with E-state index in [-0.39, 0.29) is 17.3 Å². The lowest BCUT2D eigenvalue weighted by molar-refractivity contribution is -0.113. The number of carbonyl (C=O) groups excluding carboxylic acids is 1. The Bertz CT molecular complexity index is 851. The molecule has 0 saturated heterocycles. The molecular weight excluding hydrogens is 344 g/mol. The van der Waals surface area contributed by atoms with Crippen molar-refractivity contribution >= 4 is 23.4 Å². The molecule has 0 aliphatic rings. The van der Waals surface area contributed by atoms with Gasteiger partial charge < -0.3 is 5.32 Å². The molecule has 4 nitrogen and oxygen atoms in total. The van der Waals surface area contributed by atoms with Crippen LogP contribution in [0.3, 0.4) is 0 Å². The van der Waals surface area contributed by atoms with Crippen molar-refractivity contribution in [1.29, 1.82) is 0 Å². The maximum absolute atomic E-state index is 13.5. The first-order chi connectivity index (χ1) is 12.1. The molecule has 0 aliphatic heterocycles. The molecule has 1 aromatic heterocycles. The monoisotopic (exact) mass is 359 g/mol. The van der Waals surface area contributed by atoms with E-state index in [1.165, 1.54) is 11.8 Å². The van der Waals surface area contributed by atoms with Crippen molar-refractivity contribution in [2.24, 2.45) is 0 Å². The van der Waals surface area contributed by atoms with Gasteiger partial charge in [0.2, 0.25) is 5.91 Å². The van der Waals surface area contributed by atoms with E-state index in [1.807, 2.05) is 36.5 Å². The number of hydrogen-bond donors (Lipinski definition) is 1. The second kappa shape index (κ2) is 7.94. The third kappa shape index (κ3) is 4.67. The largest absolute Gasteiger partial charge is 0.323 e. The SMILES string of the molecule is O=C(CSCc1ccc(-n2cccn2)cc1)Nc1cc(F)ccc1F. The number of halogens is 2. The van der Waals surface area contributed by atoms with Crippen molar-refractivity contribution in [3.8, 4) is 5.69 Å². The summed E-state index contributed by atoms with van der Waals surface area (Å²) in [5.74, 6) is -0.840. The van der Waals surface area contributed by atoms with Crippen LogP contribution in [-0.4, -0.2) is 21.4 Å². The molecule has 1 N–H and O–H groups in total. The Morgan fingerprint density at radius 3 is 2.68 bits per heavy atom. The molecule has 0 radical (unpaired) electrons. The third-order valence-corrected chi connectivity index (χ3v) is 4.41. The molecule has 0 aliphatic carbocycles. The van der Waals surface area contributed by atoms with Gasteiger partial charge in [0.1, 0.15) is 11.6 Å². The quantitative estimate of drug-likeness (QED) is 0.723. The van der Waals surface area contributed by atoms with Crippen molar-refractivity contribution in [3.05, 3.63) is 78.1 Å². The number of rotatable bonds is 6. The zero-order valence-electron chi connectivity index (χ0n) is 13.2. The average molecular weight is 359 g/mol. The minimum Gasteiger partial charge on any atom is -0.323 e. The van der Waals surface area contributed by atoms with E-state index < -0.39 is 11.6 Å². The highest BCUT2D eigenvalue weighted by Crippen LogP contribution is 2.18. The summed E-state index contributed by atoms with van der Waals surface area (Å²) in [6, 6.07) is 12.6. The van der Waals surface area contributed by atoms with Gasteiger partial charge in [-0.2, -0.15) is 5.10 Å². The van der Waals surface area contributed by atoms with Crippen LogP contribution in [-0.2, 0) is 10.5 Å². The van der Waals surface area contributed by atoms with Crippen LogP contribution in [0, 0.1) is 11.6 Å². The summed E-state index contributed by atoms with van der Waals surface area (Å²) in [5, 5.41) is 6.53. The summed E-state index contributed by atoms with van der Waals surface area (Å²) >= 11 is 1.40. The van der Waals surface area contributed by atoms with Crippen LogP contribution < -0.4 is 5.32 Å². The smallest absolute Gasteiger partial charge is 0.234 e. The Morgan fingerprint density at radius 1 is 1.16 bits per heavy atom. The Balaban J connectivity index is 1.49. The normalized spacial score (nSPS) is 10.6. The van der Waals surface area contributed by atoms with E-state index in [2.05, 4.69) is 10.4 Å². The third-order valence-electron chi connectivity index (χ3n) is 3.41. The van der Waals surface area contributed by atoms with Crippen molar-refractivity contribution in [2.75, 3.05) is 11.1 Å². The summed E-state index contributed by atoms with van der Waals surface area (Å²) in [7, 11) is 0. The molecule has 1 heterocycles. The molecule has 0 unspecified atom stereocenters. The van der Waals surface area contributed by atoms with Crippen molar-refractivity contribution in [2.45, 2.75) is 5.75 Å². The van der Waals surface area contributed by atoms with Gasteiger partial charge in [0, 0.05) is 24.2 Å². The minimum atomic E-state index is -0.658. The number of anilines is 1. The molecule has 1 amide bonds. The first-order valence-electron chi connectivity index (χ1n) is 7.53. The Morgan fingerprint density at radius 2 is 1.96 bits per heavy atom. The topological polar surface area (TPSA) is 46.9 Å². The van der Waals surface area contributed by atoms with Gasteiger partial charge in [-0.1, -0.05) is 12.1 Å². The molecule has 0 saturated carbocycles. The fourth-order valence-corrected chi connectivity index (χ4v) is 3.00. The van der Waals surface area contributed by atoms with Crippen LogP contribution >= 0.6 is 11.8 Å². The van der Waals surface area contributed by atoms with Gasteiger partial charge in [0.15, 0.2) is 0 Å². The predicted molar refractivity (Wildman–Crippen MR) is 94.7 cm³/mol. The number of hydrogen-bond acceptors (Lipinski definition) is 3. The molecule has 0 fully saturated rings. The number of benzene rings is 2. The van der Waals surface area contributed by atoms with E-state index in [4.69, 9.17) is 0 Å². The van der Waals surface area contributed by atoms with E-state index in [0.717, 1.165) is 29.4 Å². The first kappa shape index (κ1) is 17.2. The number of nitrogens with one attached hydrogen (secondary N) is 1. The van der Waals surface area contributed by atoms with E-state index in [9.17, 15) is 13.6 Å². The number of thioether (sulfide) groups is 1. The van der Waals surface area contributed by atoms with Crippen LogP contribution in [0.25, 0.3) is 5.69 Å². The predicted octanol–water partition coefficient (Wildman–Crippen LogP) is 4.02. The van der Waals surface area contributed by atoms with Crippen molar-refractivity contribution < 1.29 is 13.6 Å². The van der Waals surface area contributed by atoms with Gasteiger partial charge in [0.05, 0.1) is 17.1 Å². The zero-order chi connectivity index (χ0) is 17.6. The number of carbonyl (C=O) groups is 1. The summed E-state index contributed by atoms with van der Waals surface area (Å²) in [6.45, 7) is 0. The van der Waals surface area contributed by atoms with Crippen LogP contribution in [0.5, 0.6) is 0 Å². The molecule has 2 aromatic carbocycles. The number of aromatic nitrogens is 2. The van der Waals surface area contributed by atoms with E-state index in [0.29, 0.717) is 5.75 Å². The van der Waals surface area contributed by atoms with Gasteiger partial charge in [-0.3, -0.25) is 4.79 Å². The van der Waals surface area contributed by atoms with Crippen LogP contribution in [0.1, 0.15) is 5.56 Å². The molecule has 7 heteroatoms. The lowest BCUT2D eigenvalue weighted by atomic mass is 10.2. The molecule has 0 spiro atoms. The standard InChI is InChI=1S/C18H15F2N3OS/c19-14-4-7-16(20)17(10-14)22-18(24)12-25-11-13-2-5-15(6-3-13)23-9-1-8-21-23/h1-10H,11-12H2,(H,22,24). The first-order valence-corrected chi connectivity index (χ1v) is 8.69. The maximum Gasteiger partial charge on any atom is 0.234 e. The highest BCUT2D eigenvalue weighted by Gasteiger charge is 2.08. The van der Waals surface area contributed by atoms with E-state index >= 15 is 0 Å². The Kier molecular flexibility index (Phi) is 5.45. The Labute approximate surface area is 147 Å². The number of nitrogens with zero attached hydrogens (tertiary/aromatic N) is 2. The van der Waals surface area contributed by atoms with Gasteiger partial charge in [-0.25, -0.2) is 13.5 Å². The maximum atomic E-state index is 13.5. The van der Waals surface area contributed by atoms with Crippen molar-refractivity contribution in [3.63, 3.8) is 0 Å². The van der Waals surface area contributed by atoms with E-state index in [1.54, 1.807) is 10.9 Å². The zero-order valence-corrected chi connectivity index (χ0v) is 14.0. The second-order valence-electron chi connectivity index (χ2n) is 5.28. The van der Waals surface area contributed by atoms with Gasteiger partial charge >= 0.3 is 0 Å². The number of amides is 1. The van der Waals surface area contributed by atoms with Gasteiger partial charge in [-0.05, 0) is 35.9 Å². The van der Waals surface area contributed by atoms with Crippen molar-refractivity contribution in [1.82, 2.24) is 9.78 Å². The highest BCUT2D eigenvalue weighted by molar-refractivity contribution is 7.99. The van der Waals surface area contributed by atoms with Crippen LogP contribution in [0.2, 0.25) is 0 Å². The lowest BCUT2D eigenvalue weighted by Gasteiger charge is -2.07. The molecule has 25 heavy (non-hydrogen) atoms. The van der Waals surface area contributed by atoms with Crippen LogP contribution in [0.15, 0.2) is 60.9 Å². The molecular formula is C18H15F2N3OS. The molecule has 3 aromatic rings. The molecule has 0 atom stereocenters. The van der Waals surface area contributed by atoms with Gasteiger partial charge in [0.25, 0.3) is 0 Å². The highest BCUT2D eigenvalue weighted by atomic mass is 32.2. The summed E-state index contributed by atoms with van der Waals surface area (Å²) in [5.41, 5.74) is 1.87. The second-order valence-corrected chi connectivity index (χ2v) is 6.27. The average Bonchev–Trinajstić information content (AvgIpc) is 3.13. The van der Waals surface area contributed by atoms with Gasteiger partial charge in [-0.15, -0.1) is 11.8 Å². The minimum absolute atomic E-state index is 0.144. The fraction of sp³-hybridized carbons (Fsp3) is 0.111. The Hall–Kier alpha value is -2.67. The van der Waals surface area contributed by atoms with Crippen LogP contribution in [0.4, 0.5) is 14.5 Å². The molecule has 128 valence electrons. The molecule has 0 bridgehead atoms. The summed E-state index contributed by atoms with van der Waals surface area (Å²) < 4.78 is 28.3. The lowest BCUT2D eigenvalue weighted by Crippen LogP contribution is -2.15. The summed E-state index contributed by atoms with van der Waals surface area (Å²) in [6.07, 6.45) is 3.57. The molecule has 3 rings (SSSR count).